The van der Waals surface area contributed by atoms with E-state index in [-0.39, 0.29) is 11.8 Å². The van der Waals surface area contributed by atoms with Crippen molar-refractivity contribution in [2.24, 2.45) is 5.92 Å². The van der Waals surface area contributed by atoms with Gasteiger partial charge in [-0.2, -0.15) is 0 Å². The molecule has 1 fully saturated rings. The number of piperidine rings is 1. The quantitative estimate of drug-likeness (QED) is 0.885. The molecule has 2 atom stereocenters. The molecule has 0 spiro atoms. The predicted octanol–water partition coefficient (Wildman–Crippen LogP) is 2.35. The van der Waals surface area contributed by atoms with Gasteiger partial charge in [-0.3, -0.25) is 4.79 Å². The highest BCUT2D eigenvalue weighted by atomic mass is 16.1. The Hall–Kier alpha value is -1.35. The summed E-state index contributed by atoms with van der Waals surface area (Å²) < 4.78 is 0. The maximum atomic E-state index is 12.1. The molecule has 1 aromatic carbocycles. The van der Waals surface area contributed by atoms with Gasteiger partial charge in [-0.1, -0.05) is 29.3 Å². The number of hydrogen-bond acceptors (Lipinski definition) is 2. The van der Waals surface area contributed by atoms with E-state index >= 15 is 0 Å². The average molecular weight is 274 g/mol. The summed E-state index contributed by atoms with van der Waals surface area (Å²) in [4.78, 5) is 12.1. The smallest absolute Gasteiger partial charge is 0.223 e. The molecule has 0 radical (unpaired) electrons. The topological polar surface area (TPSA) is 41.1 Å². The van der Waals surface area contributed by atoms with Gasteiger partial charge < -0.3 is 10.6 Å². The Morgan fingerprint density at radius 1 is 1.30 bits per heavy atom. The van der Waals surface area contributed by atoms with E-state index in [4.69, 9.17) is 0 Å². The number of benzene rings is 1. The van der Waals surface area contributed by atoms with Crippen LogP contribution < -0.4 is 10.6 Å². The summed E-state index contributed by atoms with van der Waals surface area (Å²) in [6.07, 6.45) is 2.82. The minimum atomic E-state index is 0.186. The molecule has 3 heteroatoms. The van der Waals surface area contributed by atoms with Crippen LogP contribution in [0.5, 0.6) is 0 Å². The summed E-state index contributed by atoms with van der Waals surface area (Å²) in [6, 6.07) is 7.04. The Bertz CT molecular complexity index is 450. The lowest BCUT2D eigenvalue weighted by Gasteiger charge is -2.27. The van der Waals surface area contributed by atoms with E-state index < -0.39 is 0 Å². The first-order valence-electron chi connectivity index (χ1n) is 7.63. The van der Waals surface area contributed by atoms with Crippen LogP contribution in [0, 0.1) is 19.8 Å². The molecule has 0 saturated carbocycles. The molecule has 0 unspecified atom stereocenters. The van der Waals surface area contributed by atoms with Gasteiger partial charge >= 0.3 is 0 Å². The third-order valence-electron chi connectivity index (χ3n) is 3.99. The van der Waals surface area contributed by atoms with Crippen LogP contribution in [0.1, 0.15) is 36.5 Å². The van der Waals surface area contributed by atoms with Crippen LogP contribution in [0.4, 0.5) is 0 Å². The van der Waals surface area contributed by atoms with Crippen molar-refractivity contribution in [1.29, 1.82) is 0 Å². The fraction of sp³-hybridized carbons (Fsp3) is 0.588. The Labute approximate surface area is 122 Å². The summed E-state index contributed by atoms with van der Waals surface area (Å²) >= 11 is 0. The van der Waals surface area contributed by atoms with E-state index in [1.165, 1.54) is 16.7 Å². The van der Waals surface area contributed by atoms with Gasteiger partial charge in [0.25, 0.3) is 0 Å². The molecule has 1 heterocycles. The first kappa shape index (κ1) is 15.0. The van der Waals surface area contributed by atoms with Crippen LogP contribution in [0.3, 0.4) is 0 Å². The Kier molecular flexibility index (Phi) is 5.18. The van der Waals surface area contributed by atoms with E-state index in [0.717, 1.165) is 32.4 Å². The van der Waals surface area contributed by atoms with Gasteiger partial charge in [0.15, 0.2) is 0 Å². The van der Waals surface area contributed by atoms with Crippen LogP contribution in [0.2, 0.25) is 0 Å². The summed E-state index contributed by atoms with van der Waals surface area (Å²) in [5, 5.41) is 6.47. The monoisotopic (exact) mass is 274 g/mol. The van der Waals surface area contributed by atoms with Gasteiger partial charge in [0.05, 0.1) is 0 Å². The van der Waals surface area contributed by atoms with Crippen molar-refractivity contribution in [3.63, 3.8) is 0 Å². The highest BCUT2D eigenvalue weighted by Crippen LogP contribution is 2.16. The lowest BCUT2D eigenvalue weighted by molar-refractivity contribution is -0.126. The highest BCUT2D eigenvalue weighted by molar-refractivity contribution is 5.78. The second kappa shape index (κ2) is 6.89. The number of nitrogens with one attached hydrogen (secondary N) is 2. The van der Waals surface area contributed by atoms with Gasteiger partial charge in [0.1, 0.15) is 0 Å². The first-order chi connectivity index (χ1) is 9.54. The van der Waals surface area contributed by atoms with Crippen molar-refractivity contribution in [1.82, 2.24) is 10.6 Å². The number of rotatable bonds is 4. The van der Waals surface area contributed by atoms with Crippen molar-refractivity contribution in [2.45, 2.75) is 46.1 Å². The normalized spacial score (nSPS) is 22.6. The number of carbonyl (C=O) groups is 1. The second-order valence-electron chi connectivity index (χ2n) is 6.11. The summed E-state index contributed by atoms with van der Waals surface area (Å²) in [6.45, 7) is 8.07. The zero-order chi connectivity index (χ0) is 14.5. The SMILES string of the molecule is Cc1cc(C)cc(CCNC(=O)[C@H]2CCN[C@@H](C)C2)c1. The molecule has 3 nitrogen and oxygen atoms in total. The Morgan fingerprint density at radius 2 is 2.00 bits per heavy atom. The summed E-state index contributed by atoms with van der Waals surface area (Å²) in [7, 11) is 0. The van der Waals surface area contributed by atoms with Crippen LogP contribution in [0.25, 0.3) is 0 Å². The first-order valence-corrected chi connectivity index (χ1v) is 7.63. The number of hydrogen-bond donors (Lipinski definition) is 2. The van der Waals surface area contributed by atoms with Gasteiger partial charge in [0, 0.05) is 18.5 Å². The van der Waals surface area contributed by atoms with Gasteiger partial charge in [-0.25, -0.2) is 0 Å². The predicted molar refractivity (Wildman–Crippen MR) is 82.8 cm³/mol. The van der Waals surface area contributed by atoms with E-state index in [2.05, 4.69) is 49.6 Å². The summed E-state index contributed by atoms with van der Waals surface area (Å²) in [5.41, 5.74) is 3.89. The van der Waals surface area contributed by atoms with Gasteiger partial charge in [-0.05, 0) is 52.1 Å². The van der Waals surface area contributed by atoms with Crippen molar-refractivity contribution >= 4 is 5.91 Å². The zero-order valence-corrected chi connectivity index (χ0v) is 12.8. The molecule has 2 N–H and O–H groups in total. The Morgan fingerprint density at radius 3 is 2.65 bits per heavy atom. The minimum Gasteiger partial charge on any atom is -0.356 e. The van der Waals surface area contributed by atoms with Crippen LogP contribution in [0.15, 0.2) is 18.2 Å². The maximum Gasteiger partial charge on any atom is 0.223 e. The number of aryl methyl sites for hydroxylation is 2. The molecule has 1 aliphatic heterocycles. The van der Waals surface area contributed by atoms with E-state index in [9.17, 15) is 4.79 Å². The molecular weight excluding hydrogens is 248 g/mol. The molecular formula is C17H26N2O. The van der Waals surface area contributed by atoms with Crippen molar-refractivity contribution < 1.29 is 4.79 Å². The van der Waals surface area contributed by atoms with E-state index in [0.29, 0.717) is 6.04 Å². The van der Waals surface area contributed by atoms with Crippen LogP contribution >= 0.6 is 0 Å². The molecule has 1 saturated heterocycles. The van der Waals surface area contributed by atoms with E-state index in [1.54, 1.807) is 0 Å². The second-order valence-corrected chi connectivity index (χ2v) is 6.11. The molecule has 2 rings (SSSR count). The molecule has 0 aromatic heterocycles. The third-order valence-corrected chi connectivity index (χ3v) is 3.99. The largest absolute Gasteiger partial charge is 0.356 e. The highest BCUT2D eigenvalue weighted by Gasteiger charge is 2.24. The van der Waals surface area contributed by atoms with Crippen molar-refractivity contribution in [3.8, 4) is 0 Å². The minimum absolute atomic E-state index is 0.186. The number of carbonyl (C=O) groups excluding carboxylic acids is 1. The van der Waals surface area contributed by atoms with Crippen LogP contribution in [-0.4, -0.2) is 25.0 Å². The standard InChI is InChI=1S/C17H26N2O/c1-12-8-13(2)10-15(9-12)4-6-19-17(20)16-5-7-18-14(3)11-16/h8-10,14,16,18H,4-7,11H2,1-3H3,(H,19,20)/t14-,16-/m0/s1. The fourth-order valence-electron chi connectivity index (χ4n) is 3.06. The zero-order valence-electron chi connectivity index (χ0n) is 12.8. The van der Waals surface area contributed by atoms with Crippen molar-refractivity contribution in [2.75, 3.05) is 13.1 Å². The lowest BCUT2D eigenvalue weighted by atomic mass is 9.92. The molecule has 1 aromatic rings. The van der Waals surface area contributed by atoms with Gasteiger partial charge in [0.2, 0.25) is 5.91 Å². The lowest BCUT2D eigenvalue weighted by Crippen LogP contribution is -2.42. The van der Waals surface area contributed by atoms with Crippen LogP contribution in [-0.2, 0) is 11.2 Å². The van der Waals surface area contributed by atoms with Gasteiger partial charge in [-0.15, -0.1) is 0 Å². The maximum absolute atomic E-state index is 12.1. The molecule has 1 aliphatic rings. The third kappa shape index (κ3) is 4.34. The molecule has 20 heavy (non-hydrogen) atoms. The van der Waals surface area contributed by atoms with E-state index in [1.807, 2.05) is 0 Å². The average Bonchev–Trinajstić information content (AvgIpc) is 2.37. The molecule has 1 amide bonds. The molecule has 110 valence electrons. The fourth-order valence-corrected chi connectivity index (χ4v) is 3.06. The number of amides is 1. The Balaban J connectivity index is 1.78. The molecule has 0 aliphatic carbocycles. The molecule has 0 bridgehead atoms. The van der Waals surface area contributed by atoms with Crippen molar-refractivity contribution in [3.05, 3.63) is 34.9 Å². The summed E-state index contributed by atoms with van der Waals surface area (Å²) in [5.74, 6) is 0.410.